The second kappa shape index (κ2) is 7.49. The maximum Gasteiger partial charge on any atom is 0.350 e. The number of anilines is 1. The fourth-order valence-corrected chi connectivity index (χ4v) is 1.48. The zero-order valence-corrected chi connectivity index (χ0v) is 11.6. The summed E-state index contributed by atoms with van der Waals surface area (Å²) in [5.41, 5.74) is 2.58. The number of hydrogen-bond acceptors (Lipinski definition) is 7. The smallest absolute Gasteiger partial charge is 0.350 e. The van der Waals surface area contributed by atoms with Gasteiger partial charge in [0.1, 0.15) is 11.8 Å². The third kappa shape index (κ3) is 4.21. The summed E-state index contributed by atoms with van der Waals surface area (Å²) < 4.78 is 4.70. The van der Waals surface area contributed by atoms with E-state index in [1.807, 2.05) is 0 Å². The number of nitrogens with zero attached hydrogens (tertiary/aromatic N) is 3. The molecule has 0 bridgehead atoms. The molecule has 0 spiro atoms. The van der Waals surface area contributed by atoms with Crippen LogP contribution in [0.15, 0.2) is 36.0 Å². The number of nitro benzene ring substituents is 1. The van der Waals surface area contributed by atoms with Gasteiger partial charge in [0.15, 0.2) is 5.57 Å². The highest BCUT2D eigenvalue weighted by Gasteiger charge is 2.16. The van der Waals surface area contributed by atoms with Gasteiger partial charge >= 0.3 is 5.97 Å². The van der Waals surface area contributed by atoms with E-state index in [0.717, 1.165) is 6.20 Å². The molecule has 1 rings (SSSR count). The van der Waals surface area contributed by atoms with Gasteiger partial charge in [-0.1, -0.05) is 12.1 Å². The van der Waals surface area contributed by atoms with E-state index >= 15 is 0 Å². The molecule has 0 aliphatic heterocycles. The molecular weight excluding hydrogens is 276 g/mol. The van der Waals surface area contributed by atoms with Crippen molar-refractivity contribution in [3.05, 3.63) is 46.2 Å². The van der Waals surface area contributed by atoms with Gasteiger partial charge in [0.05, 0.1) is 11.5 Å². The van der Waals surface area contributed by atoms with Gasteiger partial charge in [0.25, 0.3) is 5.69 Å². The van der Waals surface area contributed by atoms with Crippen LogP contribution in [0.3, 0.4) is 0 Å². The normalized spacial score (nSPS) is 10.4. The Morgan fingerprint density at radius 2 is 2.24 bits per heavy atom. The Hall–Kier alpha value is -3.08. The molecule has 0 atom stereocenters. The zero-order valence-electron chi connectivity index (χ0n) is 11.6. The standard InChI is InChI=1S/C13H14N4O4/c1-3-21-13(18)10(8-14)9-15-16(2)11-6-4-5-7-12(11)17(19)20/h4-7,9,15H,3H2,1-2H3/b10-9+. The maximum absolute atomic E-state index is 11.4. The second-order valence-electron chi connectivity index (χ2n) is 3.82. The van der Waals surface area contributed by atoms with E-state index in [4.69, 9.17) is 10.00 Å². The minimum Gasteiger partial charge on any atom is -0.462 e. The molecule has 0 unspecified atom stereocenters. The molecule has 0 aromatic heterocycles. The van der Waals surface area contributed by atoms with E-state index in [-0.39, 0.29) is 17.9 Å². The van der Waals surface area contributed by atoms with Crippen molar-refractivity contribution in [2.75, 3.05) is 18.7 Å². The second-order valence-corrected chi connectivity index (χ2v) is 3.82. The topological polar surface area (TPSA) is 108 Å². The van der Waals surface area contributed by atoms with Crippen LogP contribution < -0.4 is 10.4 Å². The molecule has 0 aliphatic carbocycles. The highest BCUT2D eigenvalue weighted by molar-refractivity contribution is 5.92. The molecule has 1 aromatic rings. The number of carbonyl (C=O) groups excluding carboxylic acids is 1. The molecule has 21 heavy (non-hydrogen) atoms. The molecule has 0 aliphatic rings. The van der Waals surface area contributed by atoms with Gasteiger partial charge in [0.2, 0.25) is 0 Å². The Bertz CT molecular complexity index is 606. The third-order valence-electron chi connectivity index (χ3n) is 2.46. The number of ether oxygens (including phenoxy) is 1. The SMILES string of the molecule is CCOC(=O)/C(C#N)=C/NN(C)c1ccccc1[N+](=O)[O-]. The van der Waals surface area contributed by atoms with Crippen LogP contribution in [0.25, 0.3) is 0 Å². The summed E-state index contributed by atoms with van der Waals surface area (Å²) in [5, 5.41) is 21.1. The van der Waals surface area contributed by atoms with Crippen molar-refractivity contribution in [3.8, 4) is 6.07 Å². The summed E-state index contributed by atoms with van der Waals surface area (Å²) in [7, 11) is 1.53. The molecule has 8 heteroatoms. The number of para-hydroxylation sites is 2. The molecule has 1 aromatic carbocycles. The van der Waals surface area contributed by atoms with Crippen LogP contribution in [-0.4, -0.2) is 24.5 Å². The lowest BCUT2D eigenvalue weighted by molar-refractivity contribution is -0.384. The Morgan fingerprint density at radius 3 is 2.81 bits per heavy atom. The average Bonchev–Trinajstić information content (AvgIpc) is 2.47. The lowest BCUT2D eigenvalue weighted by atomic mass is 10.2. The number of esters is 1. The van der Waals surface area contributed by atoms with Crippen LogP contribution in [-0.2, 0) is 9.53 Å². The number of carbonyl (C=O) groups is 1. The average molecular weight is 290 g/mol. The van der Waals surface area contributed by atoms with Crippen molar-refractivity contribution in [2.24, 2.45) is 0 Å². The predicted octanol–water partition coefficient (Wildman–Crippen LogP) is 1.51. The fourth-order valence-electron chi connectivity index (χ4n) is 1.48. The first-order valence-corrected chi connectivity index (χ1v) is 6.02. The van der Waals surface area contributed by atoms with E-state index in [2.05, 4.69) is 5.43 Å². The van der Waals surface area contributed by atoms with E-state index in [0.29, 0.717) is 5.69 Å². The Labute approximate surface area is 121 Å². The van der Waals surface area contributed by atoms with Crippen molar-refractivity contribution in [1.82, 2.24) is 5.43 Å². The molecular formula is C13H14N4O4. The molecule has 1 N–H and O–H groups in total. The Morgan fingerprint density at radius 1 is 1.57 bits per heavy atom. The maximum atomic E-state index is 11.4. The van der Waals surface area contributed by atoms with Gasteiger partial charge in [-0.3, -0.25) is 15.1 Å². The zero-order chi connectivity index (χ0) is 15.8. The number of nitrogens with one attached hydrogen (secondary N) is 1. The van der Waals surface area contributed by atoms with Crippen molar-refractivity contribution in [2.45, 2.75) is 6.92 Å². The van der Waals surface area contributed by atoms with Gasteiger partial charge in [-0.25, -0.2) is 4.79 Å². The number of nitro groups is 1. The van der Waals surface area contributed by atoms with E-state index in [1.54, 1.807) is 25.1 Å². The predicted molar refractivity (Wildman–Crippen MR) is 75.0 cm³/mol. The first-order valence-electron chi connectivity index (χ1n) is 6.02. The van der Waals surface area contributed by atoms with Crippen LogP contribution in [0.2, 0.25) is 0 Å². The Kier molecular flexibility index (Phi) is 5.70. The molecule has 0 radical (unpaired) electrons. The monoisotopic (exact) mass is 290 g/mol. The Balaban J connectivity index is 2.91. The minimum atomic E-state index is -0.761. The number of hydrazine groups is 1. The van der Waals surface area contributed by atoms with Crippen LogP contribution in [0, 0.1) is 21.4 Å². The molecule has 0 saturated carbocycles. The number of nitriles is 1. The number of hydrogen-bond donors (Lipinski definition) is 1. The van der Waals surface area contributed by atoms with E-state index in [9.17, 15) is 14.9 Å². The van der Waals surface area contributed by atoms with E-state index in [1.165, 1.54) is 24.2 Å². The van der Waals surface area contributed by atoms with Crippen molar-refractivity contribution < 1.29 is 14.5 Å². The van der Waals surface area contributed by atoms with Gasteiger partial charge in [-0.2, -0.15) is 5.26 Å². The summed E-state index contributed by atoms with van der Waals surface area (Å²) in [6.07, 6.45) is 1.13. The van der Waals surface area contributed by atoms with Crippen LogP contribution in [0.5, 0.6) is 0 Å². The number of benzene rings is 1. The first-order chi connectivity index (χ1) is 10.0. The van der Waals surface area contributed by atoms with Crippen LogP contribution in [0.1, 0.15) is 6.92 Å². The van der Waals surface area contributed by atoms with Crippen LogP contribution in [0.4, 0.5) is 11.4 Å². The molecule has 0 saturated heterocycles. The van der Waals surface area contributed by atoms with Crippen molar-refractivity contribution >= 4 is 17.3 Å². The first kappa shape index (κ1) is 16.0. The lowest BCUT2D eigenvalue weighted by Gasteiger charge is -2.18. The number of rotatable bonds is 6. The van der Waals surface area contributed by atoms with Crippen LogP contribution >= 0.6 is 0 Å². The molecule has 8 nitrogen and oxygen atoms in total. The summed E-state index contributed by atoms with van der Waals surface area (Å²) in [6.45, 7) is 1.78. The van der Waals surface area contributed by atoms with Gasteiger partial charge in [0, 0.05) is 19.3 Å². The van der Waals surface area contributed by atoms with Crippen molar-refractivity contribution in [1.29, 1.82) is 5.26 Å². The summed E-state index contributed by atoms with van der Waals surface area (Å²) >= 11 is 0. The van der Waals surface area contributed by atoms with Gasteiger partial charge in [-0.15, -0.1) is 0 Å². The summed E-state index contributed by atoms with van der Waals surface area (Å²) in [6, 6.07) is 7.77. The molecule has 110 valence electrons. The van der Waals surface area contributed by atoms with E-state index < -0.39 is 10.9 Å². The van der Waals surface area contributed by atoms with Crippen molar-refractivity contribution in [3.63, 3.8) is 0 Å². The summed E-state index contributed by atoms with van der Waals surface area (Å²) in [5.74, 6) is -0.761. The largest absolute Gasteiger partial charge is 0.462 e. The van der Waals surface area contributed by atoms with Gasteiger partial charge in [-0.05, 0) is 13.0 Å². The fraction of sp³-hybridized carbons (Fsp3) is 0.231. The highest BCUT2D eigenvalue weighted by Crippen LogP contribution is 2.25. The van der Waals surface area contributed by atoms with Gasteiger partial charge < -0.3 is 10.2 Å². The highest BCUT2D eigenvalue weighted by atomic mass is 16.6. The lowest BCUT2D eigenvalue weighted by Crippen LogP contribution is -2.31. The molecule has 0 heterocycles. The third-order valence-corrected chi connectivity index (χ3v) is 2.46. The summed E-state index contributed by atoms with van der Waals surface area (Å²) in [4.78, 5) is 21.8. The minimum absolute atomic E-state index is 0.101. The molecule has 0 fully saturated rings. The quantitative estimate of drug-likeness (QED) is 0.278. The molecule has 0 amide bonds.